The van der Waals surface area contributed by atoms with Gasteiger partial charge in [0.15, 0.2) is 5.78 Å². The van der Waals surface area contributed by atoms with Crippen molar-refractivity contribution in [1.29, 1.82) is 0 Å². The average molecular weight is 199 g/mol. The third-order valence-electron chi connectivity index (χ3n) is 2.90. The van der Waals surface area contributed by atoms with E-state index in [1.807, 2.05) is 6.08 Å². The molecule has 76 valence electrons. The molecular formula is C13H13NO. The average Bonchev–Trinajstić information content (AvgIpc) is 3.01. The minimum atomic E-state index is 0.200. The van der Waals surface area contributed by atoms with E-state index in [-0.39, 0.29) is 5.78 Å². The first-order chi connectivity index (χ1) is 7.31. The Morgan fingerprint density at radius 1 is 1.20 bits per heavy atom. The smallest absolute Gasteiger partial charge is 0.160 e. The van der Waals surface area contributed by atoms with Gasteiger partial charge in [-0.05, 0) is 42.2 Å². The summed E-state index contributed by atoms with van der Waals surface area (Å²) < 4.78 is 0. The molecule has 2 heteroatoms. The predicted octanol–water partition coefficient (Wildman–Crippen LogP) is 2.40. The van der Waals surface area contributed by atoms with Gasteiger partial charge >= 0.3 is 0 Å². The van der Waals surface area contributed by atoms with Gasteiger partial charge in [0.2, 0.25) is 0 Å². The van der Waals surface area contributed by atoms with Gasteiger partial charge in [-0.3, -0.25) is 4.79 Å². The fraction of sp³-hybridized carbons (Fsp3) is 0.308. The molecule has 3 rings (SSSR count). The summed E-state index contributed by atoms with van der Waals surface area (Å²) >= 11 is 0. The highest BCUT2D eigenvalue weighted by molar-refractivity contribution is 5.98. The Labute approximate surface area is 89.0 Å². The molecular weight excluding hydrogens is 186 g/mol. The fourth-order valence-electron chi connectivity index (χ4n) is 1.90. The molecule has 0 aliphatic heterocycles. The summed E-state index contributed by atoms with van der Waals surface area (Å²) in [6.07, 6.45) is 6.66. The molecule has 1 saturated carbocycles. The molecule has 2 aliphatic rings. The highest BCUT2D eigenvalue weighted by Crippen LogP contribution is 2.27. The third-order valence-corrected chi connectivity index (χ3v) is 2.90. The van der Waals surface area contributed by atoms with E-state index in [0.717, 1.165) is 11.3 Å². The lowest BCUT2D eigenvalue weighted by molar-refractivity contribution is -0.114. The van der Waals surface area contributed by atoms with Crippen LogP contribution in [0.5, 0.6) is 0 Å². The maximum absolute atomic E-state index is 11.3. The Morgan fingerprint density at radius 2 is 2.07 bits per heavy atom. The molecule has 0 amide bonds. The van der Waals surface area contributed by atoms with Crippen molar-refractivity contribution >= 4 is 17.5 Å². The fourth-order valence-corrected chi connectivity index (χ4v) is 1.90. The van der Waals surface area contributed by atoms with Crippen molar-refractivity contribution in [1.82, 2.24) is 0 Å². The molecule has 0 atom stereocenters. The van der Waals surface area contributed by atoms with Crippen LogP contribution in [-0.4, -0.2) is 11.8 Å². The second-order valence-electron chi connectivity index (χ2n) is 4.31. The molecule has 2 aliphatic carbocycles. The van der Waals surface area contributed by atoms with Gasteiger partial charge in [-0.25, -0.2) is 0 Å². The van der Waals surface area contributed by atoms with Crippen molar-refractivity contribution in [2.24, 2.45) is 0 Å². The van der Waals surface area contributed by atoms with Crippen molar-refractivity contribution in [2.75, 3.05) is 5.32 Å². The van der Waals surface area contributed by atoms with Crippen molar-refractivity contribution in [2.45, 2.75) is 25.3 Å². The Balaban J connectivity index is 1.90. The van der Waals surface area contributed by atoms with E-state index >= 15 is 0 Å². The third kappa shape index (κ3) is 1.80. The molecule has 0 aromatic heterocycles. The second kappa shape index (κ2) is 3.23. The quantitative estimate of drug-likeness (QED) is 0.792. The molecule has 0 saturated heterocycles. The molecule has 1 aromatic rings. The minimum Gasteiger partial charge on any atom is -0.382 e. The SMILES string of the molecule is O=C1C=Cc2ccc(NC3CC3)cc2C1. The van der Waals surface area contributed by atoms with Crippen LogP contribution in [0.1, 0.15) is 24.0 Å². The largest absolute Gasteiger partial charge is 0.382 e. The number of anilines is 1. The lowest BCUT2D eigenvalue weighted by atomic mass is 9.96. The zero-order chi connectivity index (χ0) is 10.3. The van der Waals surface area contributed by atoms with Crippen LogP contribution in [0.15, 0.2) is 24.3 Å². The number of ketones is 1. The predicted molar refractivity (Wildman–Crippen MR) is 60.8 cm³/mol. The standard InChI is InChI=1S/C13H13NO/c15-13-6-2-9-1-3-12(7-10(9)8-13)14-11-4-5-11/h1-3,6-7,11,14H,4-5,8H2. The van der Waals surface area contributed by atoms with Gasteiger partial charge < -0.3 is 5.32 Å². The summed E-state index contributed by atoms with van der Waals surface area (Å²) in [5.41, 5.74) is 3.48. The Hall–Kier alpha value is -1.57. The number of benzene rings is 1. The number of fused-ring (bicyclic) bond motifs is 1. The molecule has 1 fully saturated rings. The molecule has 0 unspecified atom stereocenters. The topological polar surface area (TPSA) is 29.1 Å². The second-order valence-corrected chi connectivity index (χ2v) is 4.31. The zero-order valence-corrected chi connectivity index (χ0v) is 8.49. The summed E-state index contributed by atoms with van der Waals surface area (Å²) in [6, 6.07) is 6.95. The van der Waals surface area contributed by atoms with E-state index in [1.54, 1.807) is 6.08 Å². The van der Waals surface area contributed by atoms with E-state index in [1.165, 1.54) is 18.4 Å². The van der Waals surface area contributed by atoms with Gasteiger partial charge in [-0.15, -0.1) is 0 Å². The summed E-state index contributed by atoms with van der Waals surface area (Å²) in [5, 5.41) is 3.45. The summed E-state index contributed by atoms with van der Waals surface area (Å²) in [7, 11) is 0. The van der Waals surface area contributed by atoms with Gasteiger partial charge in [-0.1, -0.05) is 12.1 Å². The van der Waals surface area contributed by atoms with Gasteiger partial charge in [-0.2, -0.15) is 0 Å². The van der Waals surface area contributed by atoms with E-state index < -0.39 is 0 Å². The molecule has 1 N–H and O–H groups in total. The van der Waals surface area contributed by atoms with Crippen LogP contribution in [-0.2, 0) is 11.2 Å². The molecule has 0 heterocycles. The molecule has 0 bridgehead atoms. The van der Waals surface area contributed by atoms with E-state index in [9.17, 15) is 4.79 Å². The van der Waals surface area contributed by atoms with Gasteiger partial charge in [0.05, 0.1) is 0 Å². The number of carbonyl (C=O) groups is 1. The van der Waals surface area contributed by atoms with Crippen LogP contribution in [0.4, 0.5) is 5.69 Å². The van der Waals surface area contributed by atoms with Crippen molar-refractivity contribution in [3.05, 3.63) is 35.4 Å². The number of hydrogen-bond acceptors (Lipinski definition) is 2. The first kappa shape index (κ1) is 8.72. The molecule has 0 spiro atoms. The number of hydrogen-bond donors (Lipinski definition) is 1. The van der Waals surface area contributed by atoms with Crippen LogP contribution in [0.2, 0.25) is 0 Å². The van der Waals surface area contributed by atoms with Crippen LogP contribution in [0.3, 0.4) is 0 Å². The van der Waals surface area contributed by atoms with Crippen LogP contribution < -0.4 is 5.32 Å². The number of carbonyl (C=O) groups excluding carboxylic acids is 1. The first-order valence-electron chi connectivity index (χ1n) is 5.42. The Bertz CT molecular complexity index is 444. The Morgan fingerprint density at radius 3 is 2.87 bits per heavy atom. The van der Waals surface area contributed by atoms with Crippen LogP contribution in [0.25, 0.3) is 6.08 Å². The van der Waals surface area contributed by atoms with Crippen molar-refractivity contribution in [3.63, 3.8) is 0 Å². The van der Waals surface area contributed by atoms with Gasteiger partial charge in [0.1, 0.15) is 0 Å². The van der Waals surface area contributed by atoms with E-state index in [0.29, 0.717) is 12.5 Å². The van der Waals surface area contributed by atoms with Crippen LogP contribution >= 0.6 is 0 Å². The highest BCUT2D eigenvalue weighted by atomic mass is 16.1. The van der Waals surface area contributed by atoms with E-state index in [4.69, 9.17) is 0 Å². The van der Waals surface area contributed by atoms with Gasteiger partial charge in [0.25, 0.3) is 0 Å². The highest BCUT2D eigenvalue weighted by Gasteiger charge is 2.21. The van der Waals surface area contributed by atoms with Crippen LogP contribution in [0, 0.1) is 0 Å². The number of allylic oxidation sites excluding steroid dienone is 1. The first-order valence-corrected chi connectivity index (χ1v) is 5.42. The molecule has 2 nitrogen and oxygen atoms in total. The maximum Gasteiger partial charge on any atom is 0.160 e. The molecule has 1 aromatic carbocycles. The number of rotatable bonds is 2. The van der Waals surface area contributed by atoms with Gasteiger partial charge in [0, 0.05) is 18.2 Å². The lowest BCUT2D eigenvalue weighted by Crippen LogP contribution is -2.07. The summed E-state index contributed by atoms with van der Waals surface area (Å²) in [6.45, 7) is 0. The zero-order valence-electron chi connectivity index (χ0n) is 8.49. The summed E-state index contributed by atoms with van der Waals surface area (Å²) in [5.74, 6) is 0.200. The van der Waals surface area contributed by atoms with Crippen molar-refractivity contribution < 1.29 is 4.79 Å². The molecule has 0 radical (unpaired) electrons. The normalized spacial score (nSPS) is 18.8. The van der Waals surface area contributed by atoms with E-state index in [2.05, 4.69) is 23.5 Å². The monoisotopic (exact) mass is 199 g/mol. The minimum absolute atomic E-state index is 0.200. The lowest BCUT2D eigenvalue weighted by Gasteiger charge is -2.12. The number of nitrogens with one attached hydrogen (secondary N) is 1. The maximum atomic E-state index is 11.3. The van der Waals surface area contributed by atoms with Crippen molar-refractivity contribution in [3.8, 4) is 0 Å². The summed E-state index contributed by atoms with van der Waals surface area (Å²) in [4.78, 5) is 11.3. The molecule has 15 heavy (non-hydrogen) atoms. The Kier molecular flexibility index (Phi) is 1.88.